The van der Waals surface area contributed by atoms with Crippen molar-refractivity contribution in [1.29, 1.82) is 0 Å². The maximum absolute atomic E-state index is 13.9. The van der Waals surface area contributed by atoms with Gasteiger partial charge in [0.25, 0.3) is 0 Å². The summed E-state index contributed by atoms with van der Waals surface area (Å²) >= 11 is 0. The second-order valence-corrected chi connectivity index (χ2v) is 10.2. The fraction of sp³-hybridized carbons (Fsp3) is 0.517. The minimum Gasteiger partial charge on any atom is -0.352 e. The van der Waals surface area contributed by atoms with E-state index in [0.717, 1.165) is 25.7 Å². The normalized spacial score (nSPS) is 35.6. The number of rotatable bonds is 2. The van der Waals surface area contributed by atoms with Gasteiger partial charge in [0.15, 0.2) is 5.78 Å². The summed E-state index contributed by atoms with van der Waals surface area (Å²) in [6, 6.07) is 10.3. The molecule has 3 nitrogen and oxygen atoms in total. The van der Waals surface area contributed by atoms with Crippen LogP contribution in [0.3, 0.4) is 0 Å². The monoisotopic (exact) mass is 431 g/mol. The van der Waals surface area contributed by atoms with Crippen molar-refractivity contribution in [2.24, 2.45) is 29.1 Å². The van der Waals surface area contributed by atoms with Gasteiger partial charge in [0, 0.05) is 17.9 Å². The number of carbonyl (C=O) groups excluding carboxylic acids is 2. The highest BCUT2D eigenvalue weighted by Gasteiger charge is 2.64. The van der Waals surface area contributed by atoms with Gasteiger partial charge in [-0.25, -0.2) is 0 Å². The Morgan fingerprint density at radius 3 is 2.62 bits per heavy atom. The van der Waals surface area contributed by atoms with E-state index >= 15 is 0 Å². The zero-order valence-electron chi connectivity index (χ0n) is 19.7. The third-order valence-corrected chi connectivity index (χ3v) is 8.05. The van der Waals surface area contributed by atoms with Crippen molar-refractivity contribution < 1.29 is 9.59 Å². The third kappa shape index (κ3) is 4.14. The van der Waals surface area contributed by atoms with Crippen LogP contribution >= 0.6 is 0 Å². The van der Waals surface area contributed by atoms with Gasteiger partial charge in [-0.15, -0.1) is 0 Å². The van der Waals surface area contributed by atoms with E-state index in [2.05, 4.69) is 56.4 Å². The van der Waals surface area contributed by atoms with Crippen molar-refractivity contribution in [3.05, 3.63) is 71.8 Å². The predicted octanol–water partition coefficient (Wildman–Crippen LogP) is 5.82. The molecule has 1 fully saturated rings. The first-order valence-corrected chi connectivity index (χ1v) is 12.4. The molecule has 1 aromatic carbocycles. The van der Waals surface area contributed by atoms with Crippen LogP contribution in [-0.4, -0.2) is 17.7 Å². The van der Waals surface area contributed by atoms with Crippen LogP contribution in [0.15, 0.2) is 66.3 Å². The van der Waals surface area contributed by atoms with Crippen molar-refractivity contribution in [1.82, 2.24) is 5.32 Å². The number of allylic oxidation sites excluding steroid dienone is 6. The first-order chi connectivity index (χ1) is 15.4. The lowest BCUT2D eigenvalue weighted by Crippen LogP contribution is -2.51. The number of hydrogen-bond acceptors (Lipinski definition) is 2. The molecule has 4 rings (SSSR count). The SMILES string of the molecule is CC1=C[C@@H]2C=CC[C@H](C)CCCCC=CC(=O)[C@]23C(=O)N[C@@H](Cc2ccccc2)[C@@H]3[C@@H]1C. The summed E-state index contributed by atoms with van der Waals surface area (Å²) in [6.07, 6.45) is 16.4. The van der Waals surface area contributed by atoms with E-state index in [1.165, 1.54) is 24.0 Å². The van der Waals surface area contributed by atoms with Crippen LogP contribution < -0.4 is 5.32 Å². The smallest absolute Gasteiger partial charge is 0.235 e. The van der Waals surface area contributed by atoms with Gasteiger partial charge in [0.05, 0.1) is 0 Å². The van der Waals surface area contributed by atoms with E-state index in [1.807, 2.05) is 24.3 Å². The van der Waals surface area contributed by atoms with Crippen LogP contribution in [0.5, 0.6) is 0 Å². The standard InChI is InChI=1S/C29H37NO2/c1-20-12-7-4-5-10-17-26(31)29-24(16-11-13-20)18-21(2)22(3)27(29)25(30-28(29)32)19-23-14-8-6-9-15-23/h6,8-11,14-18,20,22,24-25,27H,4-5,7,12-13,19H2,1-3H3,(H,30,32)/t20-,22-,24+,25+,27+,29-/m1/s1. The lowest BCUT2D eigenvalue weighted by Gasteiger charge is -2.44. The zero-order valence-corrected chi connectivity index (χ0v) is 19.7. The molecule has 1 aliphatic heterocycles. The number of ketones is 1. The number of hydrogen-bond donors (Lipinski definition) is 1. The van der Waals surface area contributed by atoms with Gasteiger partial charge in [-0.05, 0) is 56.1 Å². The first kappa shape index (κ1) is 22.8. The van der Waals surface area contributed by atoms with E-state index in [-0.39, 0.29) is 35.5 Å². The topological polar surface area (TPSA) is 46.2 Å². The fourth-order valence-corrected chi connectivity index (χ4v) is 6.16. The molecule has 1 amide bonds. The zero-order chi connectivity index (χ0) is 22.7. The molecule has 3 heteroatoms. The van der Waals surface area contributed by atoms with Gasteiger partial charge in [0.2, 0.25) is 5.91 Å². The third-order valence-electron chi connectivity index (χ3n) is 8.05. The molecule has 1 saturated heterocycles. The summed E-state index contributed by atoms with van der Waals surface area (Å²) in [6.45, 7) is 6.65. The summed E-state index contributed by atoms with van der Waals surface area (Å²) in [5, 5.41) is 3.29. The van der Waals surface area contributed by atoms with Crippen LogP contribution in [-0.2, 0) is 16.0 Å². The molecule has 0 bridgehead atoms. The Bertz CT molecular complexity index is 928. The molecule has 0 unspecified atom stereocenters. The van der Waals surface area contributed by atoms with E-state index in [1.54, 1.807) is 6.08 Å². The van der Waals surface area contributed by atoms with Crippen LogP contribution in [0.1, 0.15) is 58.4 Å². The Morgan fingerprint density at radius 2 is 1.84 bits per heavy atom. The summed E-state index contributed by atoms with van der Waals surface area (Å²) in [4.78, 5) is 27.6. The van der Waals surface area contributed by atoms with E-state index < -0.39 is 5.41 Å². The molecular formula is C29H37NO2. The minimum absolute atomic E-state index is 0.0203. The molecule has 6 atom stereocenters. The Morgan fingerprint density at radius 1 is 1.06 bits per heavy atom. The first-order valence-electron chi connectivity index (χ1n) is 12.4. The van der Waals surface area contributed by atoms with Crippen molar-refractivity contribution in [2.75, 3.05) is 0 Å². The number of carbonyl (C=O) groups is 2. The molecule has 170 valence electrons. The lowest BCUT2D eigenvalue weighted by atomic mass is 9.55. The van der Waals surface area contributed by atoms with Crippen LogP contribution in [0, 0.1) is 29.1 Å². The van der Waals surface area contributed by atoms with E-state index in [9.17, 15) is 9.59 Å². The van der Waals surface area contributed by atoms with Crippen molar-refractivity contribution in [3.63, 3.8) is 0 Å². The maximum Gasteiger partial charge on any atom is 0.235 e. The fourth-order valence-electron chi connectivity index (χ4n) is 6.16. The van der Waals surface area contributed by atoms with Gasteiger partial charge in [0.1, 0.15) is 5.41 Å². The summed E-state index contributed by atoms with van der Waals surface area (Å²) in [5.74, 6) is 0.414. The predicted molar refractivity (Wildman–Crippen MR) is 130 cm³/mol. The summed E-state index contributed by atoms with van der Waals surface area (Å²) in [5.41, 5.74) is 1.43. The van der Waals surface area contributed by atoms with Crippen LogP contribution in [0.2, 0.25) is 0 Å². The second kappa shape index (κ2) is 9.60. The molecule has 1 N–H and O–H groups in total. The molecule has 1 aromatic rings. The van der Waals surface area contributed by atoms with Crippen LogP contribution in [0.4, 0.5) is 0 Å². The molecule has 1 spiro atoms. The Balaban J connectivity index is 1.79. The Hall–Kier alpha value is -2.42. The Kier molecular flexibility index (Phi) is 6.83. The molecule has 0 radical (unpaired) electrons. The number of benzene rings is 1. The molecule has 3 aliphatic rings. The van der Waals surface area contributed by atoms with Crippen molar-refractivity contribution in [3.8, 4) is 0 Å². The number of nitrogens with one attached hydrogen (secondary N) is 1. The van der Waals surface area contributed by atoms with Gasteiger partial charge >= 0.3 is 0 Å². The largest absolute Gasteiger partial charge is 0.352 e. The van der Waals surface area contributed by atoms with E-state index in [4.69, 9.17) is 0 Å². The van der Waals surface area contributed by atoms with Gasteiger partial charge in [-0.2, -0.15) is 0 Å². The van der Waals surface area contributed by atoms with E-state index in [0.29, 0.717) is 5.92 Å². The highest BCUT2D eigenvalue weighted by molar-refractivity contribution is 6.13. The molecule has 0 aromatic heterocycles. The average Bonchev–Trinajstić information content (AvgIpc) is 3.07. The summed E-state index contributed by atoms with van der Waals surface area (Å²) < 4.78 is 0. The number of amides is 1. The minimum atomic E-state index is -1.05. The maximum atomic E-state index is 13.9. The van der Waals surface area contributed by atoms with Crippen molar-refractivity contribution in [2.45, 2.75) is 65.3 Å². The molecular weight excluding hydrogens is 394 g/mol. The molecule has 2 aliphatic carbocycles. The average molecular weight is 432 g/mol. The van der Waals surface area contributed by atoms with Gasteiger partial charge < -0.3 is 5.32 Å². The molecule has 32 heavy (non-hydrogen) atoms. The molecule has 0 saturated carbocycles. The summed E-state index contributed by atoms with van der Waals surface area (Å²) in [7, 11) is 0. The van der Waals surface area contributed by atoms with Crippen molar-refractivity contribution >= 4 is 11.7 Å². The van der Waals surface area contributed by atoms with Gasteiger partial charge in [-0.1, -0.05) is 86.9 Å². The highest BCUT2D eigenvalue weighted by atomic mass is 16.2. The quantitative estimate of drug-likeness (QED) is 0.473. The second-order valence-electron chi connectivity index (χ2n) is 10.2. The van der Waals surface area contributed by atoms with Crippen LogP contribution in [0.25, 0.3) is 0 Å². The Labute approximate surface area is 193 Å². The highest BCUT2D eigenvalue weighted by Crippen LogP contribution is 2.54. The lowest BCUT2D eigenvalue weighted by molar-refractivity contribution is -0.142. The van der Waals surface area contributed by atoms with Gasteiger partial charge in [-0.3, -0.25) is 9.59 Å². The molecule has 1 heterocycles.